The third-order valence-electron chi connectivity index (χ3n) is 5.66. The molecule has 2 aliphatic rings. The first-order chi connectivity index (χ1) is 14.5. The summed E-state index contributed by atoms with van der Waals surface area (Å²) >= 11 is 0. The van der Waals surface area contributed by atoms with Crippen molar-refractivity contribution in [3.05, 3.63) is 109 Å². The van der Waals surface area contributed by atoms with Gasteiger partial charge in [-0.05, 0) is 23.6 Å². The molecular weight excluding hydrogens is 382 g/mol. The molecule has 0 spiro atoms. The number of carbonyl (C=O) groups is 1. The SMILES string of the molecule is Cc1ccccc1C1C2=C(COC2=O)Nc2c1c(=O)[nH]c(=O)n2Cc1ccccc1. The summed E-state index contributed by atoms with van der Waals surface area (Å²) in [6.07, 6.45) is 0. The van der Waals surface area contributed by atoms with Gasteiger partial charge in [0, 0.05) is 0 Å². The van der Waals surface area contributed by atoms with Crippen LogP contribution in [0.2, 0.25) is 0 Å². The molecule has 2 aromatic carbocycles. The smallest absolute Gasteiger partial charge is 0.337 e. The lowest BCUT2D eigenvalue weighted by molar-refractivity contribution is -0.136. The van der Waals surface area contributed by atoms with E-state index in [1.165, 1.54) is 4.57 Å². The third kappa shape index (κ3) is 2.78. The number of cyclic esters (lactones) is 1. The minimum Gasteiger partial charge on any atom is -0.456 e. The molecule has 0 saturated heterocycles. The second-order valence-corrected chi connectivity index (χ2v) is 7.48. The van der Waals surface area contributed by atoms with Crippen LogP contribution in [0.4, 0.5) is 5.82 Å². The van der Waals surface area contributed by atoms with Gasteiger partial charge < -0.3 is 10.1 Å². The Balaban J connectivity index is 1.78. The van der Waals surface area contributed by atoms with Crippen molar-refractivity contribution in [1.82, 2.24) is 9.55 Å². The highest BCUT2D eigenvalue weighted by atomic mass is 16.5. The van der Waals surface area contributed by atoms with Crippen molar-refractivity contribution >= 4 is 11.8 Å². The number of esters is 1. The molecule has 7 nitrogen and oxygen atoms in total. The maximum atomic E-state index is 13.0. The van der Waals surface area contributed by atoms with E-state index in [4.69, 9.17) is 4.74 Å². The van der Waals surface area contributed by atoms with Crippen LogP contribution in [-0.4, -0.2) is 22.1 Å². The van der Waals surface area contributed by atoms with Gasteiger partial charge in [-0.3, -0.25) is 14.3 Å². The van der Waals surface area contributed by atoms with Crippen molar-refractivity contribution in [2.45, 2.75) is 19.4 Å². The van der Waals surface area contributed by atoms with Crippen LogP contribution < -0.4 is 16.6 Å². The van der Waals surface area contributed by atoms with Crippen LogP contribution >= 0.6 is 0 Å². The number of hydrogen-bond donors (Lipinski definition) is 2. The second kappa shape index (κ2) is 6.88. The number of H-pyrrole nitrogens is 1. The predicted molar refractivity (Wildman–Crippen MR) is 111 cm³/mol. The molecule has 1 atom stereocenters. The van der Waals surface area contributed by atoms with Crippen LogP contribution in [0.5, 0.6) is 0 Å². The number of aryl methyl sites for hydroxylation is 1. The van der Waals surface area contributed by atoms with E-state index in [0.29, 0.717) is 22.7 Å². The minimum absolute atomic E-state index is 0.0856. The van der Waals surface area contributed by atoms with Crippen molar-refractivity contribution < 1.29 is 9.53 Å². The number of aromatic nitrogens is 2. The first-order valence-electron chi connectivity index (χ1n) is 9.68. The van der Waals surface area contributed by atoms with Crippen LogP contribution in [0.25, 0.3) is 0 Å². The van der Waals surface area contributed by atoms with Gasteiger partial charge in [-0.1, -0.05) is 54.6 Å². The molecule has 3 aromatic rings. The van der Waals surface area contributed by atoms with Crippen LogP contribution in [-0.2, 0) is 16.1 Å². The summed E-state index contributed by atoms with van der Waals surface area (Å²) in [6.45, 7) is 2.30. The van der Waals surface area contributed by atoms with Gasteiger partial charge in [0.2, 0.25) is 0 Å². The summed E-state index contributed by atoms with van der Waals surface area (Å²) in [7, 11) is 0. The lowest BCUT2D eigenvalue weighted by atomic mass is 9.81. The van der Waals surface area contributed by atoms with E-state index in [1.54, 1.807) is 0 Å². The van der Waals surface area contributed by atoms with Gasteiger partial charge in [-0.2, -0.15) is 0 Å². The summed E-state index contributed by atoms with van der Waals surface area (Å²) in [6, 6.07) is 17.1. The summed E-state index contributed by atoms with van der Waals surface area (Å²) in [5.74, 6) is -0.659. The quantitative estimate of drug-likeness (QED) is 0.657. The normalized spacial score (nSPS) is 17.2. The maximum absolute atomic E-state index is 13.0. The van der Waals surface area contributed by atoms with Gasteiger partial charge in [-0.25, -0.2) is 9.59 Å². The van der Waals surface area contributed by atoms with E-state index in [9.17, 15) is 14.4 Å². The van der Waals surface area contributed by atoms with Crippen molar-refractivity contribution in [1.29, 1.82) is 0 Å². The van der Waals surface area contributed by atoms with E-state index >= 15 is 0 Å². The van der Waals surface area contributed by atoms with Crippen LogP contribution in [0.1, 0.15) is 28.2 Å². The van der Waals surface area contributed by atoms with Crippen molar-refractivity contribution in [3.63, 3.8) is 0 Å². The van der Waals surface area contributed by atoms with Crippen molar-refractivity contribution in [2.75, 3.05) is 11.9 Å². The second-order valence-electron chi connectivity index (χ2n) is 7.48. The van der Waals surface area contributed by atoms with Crippen molar-refractivity contribution in [2.24, 2.45) is 0 Å². The zero-order valence-electron chi connectivity index (χ0n) is 16.3. The Morgan fingerprint density at radius 3 is 2.53 bits per heavy atom. The van der Waals surface area contributed by atoms with Gasteiger partial charge >= 0.3 is 11.7 Å². The molecule has 1 unspecified atom stereocenters. The average molecular weight is 401 g/mol. The fourth-order valence-electron chi connectivity index (χ4n) is 4.23. The molecule has 150 valence electrons. The number of benzene rings is 2. The summed E-state index contributed by atoms with van der Waals surface area (Å²) in [4.78, 5) is 40.7. The van der Waals surface area contributed by atoms with Crippen LogP contribution in [0.3, 0.4) is 0 Å². The minimum atomic E-state index is -0.612. The fraction of sp³-hybridized carbons (Fsp3) is 0.174. The molecule has 0 amide bonds. The Kier molecular flexibility index (Phi) is 4.17. The standard InChI is InChI=1S/C23H19N3O4/c1-13-7-5-6-10-15(13)17-18-16(12-30-22(18)28)24-20-19(17)21(27)25-23(29)26(20)11-14-8-3-2-4-9-14/h2-10,17,24H,11-12H2,1H3,(H,25,27,29). The van der Waals surface area contributed by atoms with E-state index in [2.05, 4.69) is 10.3 Å². The van der Waals surface area contributed by atoms with Gasteiger partial charge in [-0.15, -0.1) is 0 Å². The van der Waals surface area contributed by atoms with Crippen LogP contribution in [0.15, 0.2) is 75.5 Å². The highest BCUT2D eigenvalue weighted by Gasteiger charge is 2.41. The molecule has 5 rings (SSSR count). The molecule has 2 N–H and O–H groups in total. The number of carbonyl (C=O) groups excluding carboxylic acids is 1. The molecule has 0 aliphatic carbocycles. The molecule has 2 aliphatic heterocycles. The Bertz CT molecular complexity index is 1320. The number of hydrogen-bond acceptors (Lipinski definition) is 5. The lowest BCUT2D eigenvalue weighted by Gasteiger charge is -2.29. The van der Waals surface area contributed by atoms with E-state index in [0.717, 1.165) is 16.7 Å². The molecular formula is C23H19N3O4. The summed E-state index contributed by atoms with van der Waals surface area (Å²) in [5.41, 5.74) is 3.04. The Labute approximate surface area is 171 Å². The highest BCUT2D eigenvalue weighted by molar-refractivity contribution is 5.97. The third-order valence-corrected chi connectivity index (χ3v) is 5.66. The molecule has 0 saturated carbocycles. The number of aromatic amines is 1. The molecule has 7 heteroatoms. The van der Waals surface area contributed by atoms with Gasteiger partial charge in [0.15, 0.2) is 0 Å². The number of nitrogens with zero attached hydrogens (tertiary/aromatic N) is 1. The van der Waals surface area contributed by atoms with E-state index in [-0.39, 0.29) is 13.2 Å². The van der Waals surface area contributed by atoms with Gasteiger partial charge in [0.05, 0.1) is 29.3 Å². The van der Waals surface area contributed by atoms with Gasteiger partial charge in [0.25, 0.3) is 5.56 Å². The first-order valence-corrected chi connectivity index (χ1v) is 9.68. The van der Waals surface area contributed by atoms with Crippen molar-refractivity contribution in [3.8, 4) is 0 Å². The van der Waals surface area contributed by atoms with E-state index in [1.807, 2.05) is 61.5 Å². The number of fused-ring (bicyclic) bond motifs is 1. The molecule has 30 heavy (non-hydrogen) atoms. The topological polar surface area (TPSA) is 93.2 Å². The highest BCUT2D eigenvalue weighted by Crippen LogP contribution is 2.43. The Hall–Kier alpha value is -3.87. The Morgan fingerprint density at radius 1 is 1.03 bits per heavy atom. The largest absolute Gasteiger partial charge is 0.456 e. The van der Waals surface area contributed by atoms with E-state index < -0.39 is 23.1 Å². The number of ether oxygens (including phenoxy) is 1. The molecule has 0 radical (unpaired) electrons. The molecule has 1 aromatic heterocycles. The summed E-state index contributed by atoms with van der Waals surface area (Å²) < 4.78 is 6.78. The van der Waals surface area contributed by atoms with Crippen LogP contribution in [0, 0.1) is 6.92 Å². The zero-order valence-corrected chi connectivity index (χ0v) is 16.3. The molecule has 0 bridgehead atoms. The predicted octanol–water partition coefficient (Wildman–Crippen LogP) is 2.26. The number of rotatable bonds is 3. The number of nitrogens with one attached hydrogen (secondary N) is 2. The lowest BCUT2D eigenvalue weighted by Crippen LogP contribution is -2.39. The first kappa shape index (κ1) is 18.2. The fourth-order valence-corrected chi connectivity index (χ4v) is 4.23. The van der Waals surface area contributed by atoms with Gasteiger partial charge in [0.1, 0.15) is 12.4 Å². The molecule has 0 fully saturated rings. The number of anilines is 1. The summed E-state index contributed by atoms with van der Waals surface area (Å²) in [5, 5.41) is 3.16. The average Bonchev–Trinajstić information content (AvgIpc) is 3.11. The Morgan fingerprint density at radius 2 is 1.77 bits per heavy atom. The monoisotopic (exact) mass is 401 g/mol. The maximum Gasteiger partial charge on any atom is 0.337 e. The zero-order chi connectivity index (χ0) is 20.8. The molecule has 3 heterocycles.